The monoisotopic (exact) mass is 226 g/mol. The standard InChI is InChI=1S/C13H26N2O/c1-4-11-6-5-8-15(9-7-11)13(16)12(14)10(2)3/h10-12H,4-9,14H2,1-3H3. The lowest BCUT2D eigenvalue weighted by molar-refractivity contribution is -0.133. The van der Waals surface area contributed by atoms with Gasteiger partial charge >= 0.3 is 0 Å². The average molecular weight is 226 g/mol. The maximum atomic E-state index is 12.1. The summed E-state index contributed by atoms with van der Waals surface area (Å²) in [5.41, 5.74) is 5.92. The summed E-state index contributed by atoms with van der Waals surface area (Å²) in [6.45, 7) is 8.06. The highest BCUT2D eigenvalue weighted by Gasteiger charge is 2.25. The Labute approximate surface area is 99.4 Å². The van der Waals surface area contributed by atoms with Gasteiger partial charge in [0.05, 0.1) is 6.04 Å². The molecule has 2 atom stereocenters. The predicted octanol–water partition coefficient (Wildman–Crippen LogP) is 2.01. The summed E-state index contributed by atoms with van der Waals surface area (Å²) in [5, 5.41) is 0. The fourth-order valence-electron chi connectivity index (χ4n) is 2.29. The number of amides is 1. The van der Waals surface area contributed by atoms with Gasteiger partial charge in [0.1, 0.15) is 0 Å². The number of carbonyl (C=O) groups excluding carboxylic acids is 1. The molecule has 0 saturated carbocycles. The zero-order chi connectivity index (χ0) is 12.1. The van der Waals surface area contributed by atoms with Crippen LogP contribution in [0, 0.1) is 11.8 Å². The van der Waals surface area contributed by atoms with Gasteiger partial charge in [0, 0.05) is 13.1 Å². The molecule has 2 N–H and O–H groups in total. The molecule has 1 heterocycles. The van der Waals surface area contributed by atoms with Crippen LogP contribution in [0.1, 0.15) is 46.5 Å². The molecule has 1 rings (SSSR count). The van der Waals surface area contributed by atoms with Gasteiger partial charge in [-0.1, -0.05) is 27.2 Å². The number of likely N-dealkylation sites (tertiary alicyclic amines) is 1. The zero-order valence-electron chi connectivity index (χ0n) is 10.9. The molecule has 1 amide bonds. The second-order valence-corrected chi connectivity index (χ2v) is 5.30. The smallest absolute Gasteiger partial charge is 0.239 e. The van der Waals surface area contributed by atoms with Crippen molar-refractivity contribution in [2.75, 3.05) is 13.1 Å². The fourth-order valence-corrected chi connectivity index (χ4v) is 2.29. The van der Waals surface area contributed by atoms with Gasteiger partial charge in [0.2, 0.25) is 5.91 Å². The third-order valence-corrected chi connectivity index (χ3v) is 3.74. The van der Waals surface area contributed by atoms with E-state index in [1.54, 1.807) is 0 Å². The minimum atomic E-state index is -0.321. The molecule has 2 unspecified atom stereocenters. The van der Waals surface area contributed by atoms with Gasteiger partial charge in [-0.3, -0.25) is 4.79 Å². The van der Waals surface area contributed by atoms with E-state index in [9.17, 15) is 4.79 Å². The average Bonchev–Trinajstić information content (AvgIpc) is 2.51. The topological polar surface area (TPSA) is 46.3 Å². The third kappa shape index (κ3) is 3.48. The van der Waals surface area contributed by atoms with Crippen LogP contribution in [0.15, 0.2) is 0 Å². The van der Waals surface area contributed by atoms with Crippen LogP contribution in [0.3, 0.4) is 0 Å². The second-order valence-electron chi connectivity index (χ2n) is 5.30. The molecule has 0 aromatic heterocycles. The van der Waals surface area contributed by atoms with E-state index in [0.29, 0.717) is 0 Å². The number of hydrogen-bond donors (Lipinski definition) is 1. The Morgan fingerprint density at radius 1 is 1.38 bits per heavy atom. The first-order valence-electron chi connectivity index (χ1n) is 6.60. The van der Waals surface area contributed by atoms with Crippen molar-refractivity contribution in [3.63, 3.8) is 0 Å². The molecule has 1 aliphatic heterocycles. The predicted molar refractivity (Wildman–Crippen MR) is 67.0 cm³/mol. The summed E-state index contributed by atoms with van der Waals surface area (Å²) in [7, 11) is 0. The van der Waals surface area contributed by atoms with Crippen molar-refractivity contribution in [3.8, 4) is 0 Å². The normalized spacial score (nSPS) is 24.3. The molecule has 1 aliphatic rings. The Hall–Kier alpha value is -0.570. The molecule has 0 aromatic rings. The number of carbonyl (C=O) groups is 1. The SMILES string of the molecule is CCC1CCCN(C(=O)C(N)C(C)C)CC1. The molecular weight excluding hydrogens is 200 g/mol. The highest BCUT2D eigenvalue weighted by Crippen LogP contribution is 2.20. The molecule has 0 spiro atoms. The van der Waals surface area contributed by atoms with Crippen LogP contribution < -0.4 is 5.73 Å². The number of hydrogen-bond acceptors (Lipinski definition) is 2. The van der Waals surface area contributed by atoms with Crippen molar-refractivity contribution in [2.24, 2.45) is 17.6 Å². The summed E-state index contributed by atoms with van der Waals surface area (Å²) in [6, 6.07) is -0.321. The van der Waals surface area contributed by atoms with Crippen molar-refractivity contribution in [1.29, 1.82) is 0 Å². The number of rotatable bonds is 3. The molecule has 16 heavy (non-hydrogen) atoms. The van der Waals surface area contributed by atoms with E-state index in [1.807, 2.05) is 18.7 Å². The Morgan fingerprint density at radius 3 is 2.62 bits per heavy atom. The third-order valence-electron chi connectivity index (χ3n) is 3.74. The highest BCUT2D eigenvalue weighted by atomic mass is 16.2. The van der Waals surface area contributed by atoms with Crippen LogP contribution in [0.25, 0.3) is 0 Å². The molecule has 0 bridgehead atoms. The van der Waals surface area contributed by atoms with E-state index < -0.39 is 0 Å². The molecule has 3 heteroatoms. The maximum Gasteiger partial charge on any atom is 0.239 e. The molecule has 1 saturated heterocycles. The van der Waals surface area contributed by atoms with E-state index in [4.69, 9.17) is 5.73 Å². The minimum absolute atomic E-state index is 0.145. The van der Waals surface area contributed by atoms with Crippen molar-refractivity contribution in [1.82, 2.24) is 4.90 Å². The lowest BCUT2D eigenvalue weighted by Crippen LogP contribution is -2.46. The van der Waals surface area contributed by atoms with Gasteiger partial charge in [-0.15, -0.1) is 0 Å². The first-order valence-corrected chi connectivity index (χ1v) is 6.60. The van der Waals surface area contributed by atoms with Crippen molar-refractivity contribution >= 4 is 5.91 Å². The Bertz CT molecular complexity index is 228. The van der Waals surface area contributed by atoms with Crippen LogP contribution in [0.4, 0.5) is 0 Å². The van der Waals surface area contributed by atoms with E-state index in [1.165, 1.54) is 12.8 Å². The lowest BCUT2D eigenvalue weighted by Gasteiger charge is -2.26. The van der Waals surface area contributed by atoms with Gasteiger partial charge in [0.15, 0.2) is 0 Å². The lowest BCUT2D eigenvalue weighted by atomic mass is 9.98. The first-order chi connectivity index (χ1) is 7.56. The Balaban J connectivity index is 2.51. The fraction of sp³-hybridized carbons (Fsp3) is 0.923. The molecule has 0 radical (unpaired) electrons. The second kappa shape index (κ2) is 6.24. The van der Waals surface area contributed by atoms with Crippen LogP contribution in [0.5, 0.6) is 0 Å². The maximum absolute atomic E-state index is 12.1. The minimum Gasteiger partial charge on any atom is -0.341 e. The first kappa shape index (κ1) is 13.5. The number of nitrogens with two attached hydrogens (primary N) is 1. The molecular formula is C13H26N2O. The van der Waals surface area contributed by atoms with Crippen LogP contribution in [-0.2, 0) is 4.79 Å². The Kier molecular flexibility index (Phi) is 5.26. The Morgan fingerprint density at radius 2 is 2.06 bits per heavy atom. The van der Waals surface area contributed by atoms with Crippen LogP contribution in [0.2, 0.25) is 0 Å². The van der Waals surface area contributed by atoms with E-state index in [0.717, 1.165) is 31.8 Å². The zero-order valence-corrected chi connectivity index (χ0v) is 10.9. The quantitative estimate of drug-likeness (QED) is 0.800. The van der Waals surface area contributed by atoms with Gasteiger partial charge in [-0.2, -0.15) is 0 Å². The van der Waals surface area contributed by atoms with E-state index in [-0.39, 0.29) is 17.9 Å². The summed E-state index contributed by atoms with van der Waals surface area (Å²) in [6.07, 6.45) is 4.78. The molecule has 0 aliphatic carbocycles. The summed E-state index contributed by atoms with van der Waals surface area (Å²) >= 11 is 0. The van der Waals surface area contributed by atoms with Gasteiger partial charge < -0.3 is 10.6 Å². The van der Waals surface area contributed by atoms with Gasteiger partial charge in [0.25, 0.3) is 0 Å². The highest BCUT2D eigenvalue weighted by molar-refractivity contribution is 5.81. The van der Waals surface area contributed by atoms with Crippen molar-refractivity contribution < 1.29 is 4.79 Å². The van der Waals surface area contributed by atoms with E-state index in [2.05, 4.69) is 6.92 Å². The summed E-state index contributed by atoms with van der Waals surface area (Å²) in [5.74, 6) is 1.18. The summed E-state index contributed by atoms with van der Waals surface area (Å²) < 4.78 is 0. The molecule has 0 aromatic carbocycles. The molecule has 1 fully saturated rings. The van der Waals surface area contributed by atoms with Crippen LogP contribution in [-0.4, -0.2) is 29.9 Å². The van der Waals surface area contributed by atoms with E-state index >= 15 is 0 Å². The van der Waals surface area contributed by atoms with Crippen molar-refractivity contribution in [2.45, 2.75) is 52.5 Å². The van der Waals surface area contributed by atoms with Crippen molar-refractivity contribution in [3.05, 3.63) is 0 Å². The molecule has 3 nitrogen and oxygen atoms in total. The largest absolute Gasteiger partial charge is 0.341 e. The van der Waals surface area contributed by atoms with Crippen LogP contribution >= 0.6 is 0 Å². The molecule has 94 valence electrons. The van der Waals surface area contributed by atoms with Gasteiger partial charge in [-0.25, -0.2) is 0 Å². The number of nitrogens with zero attached hydrogens (tertiary/aromatic N) is 1. The van der Waals surface area contributed by atoms with Gasteiger partial charge in [-0.05, 0) is 31.1 Å². The summed E-state index contributed by atoms with van der Waals surface area (Å²) in [4.78, 5) is 14.1.